The van der Waals surface area contributed by atoms with E-state index in [1.807, 2.05) is 50.2 Å². The number of ether oxygens (including phenoxy) is 1. The van der Waals surface area contributed by atoms with Crippen molar-refractivity contribution in [3.8, 4) is 5.75 Å². The van der Waals surface area contributed by atoms with Crippen molar-refractivity contribution in [1.29, 1.82) is 0 Å². The van der Waals surface area contributed by atoms with Crippen molar-refractivity contribution in [3.63, 3.8) is 0 Å². The minimum Gasteiger partial charge on any atom is -0.483 e. The first-order chi connectivity index (χ1) is 14.9. The van der Waals surface area contributed by atoms with E-state index in [-0.39, 0.29) is 18.4 Å². The van der Waals surface area contributed by atoms with Crippen molar-refractivity contribution in [2.75, 3.05) is 17.2 Å². The summed E-state index contributed by atoms with van der Waals surface area (Å²) in [4.78, 5) is 25.2. The monoisotopic (exact) mass is 480 g/mol. The van der Waals surface area contributed by atoms with Crippen LogP contribution in [0.4, 0.5) is 11.4 Å². The van der Waals surface area contributed by atoms with E-state index in [1.165, 1.54) is 5.56 Å². The molecule has 0 bridgehead atoms. The van der Waals surface area contributed by atoms with Crippen molar-refractivity contribution >= 4 is 39.1 Å². The fourth-order valence-electron chi connectivity index (χ4n) is 3.02. The number of para-hydroxylation sites is 1. The number of hydrogen-bond donors (Lipinski definition) is 2. The Labute approximate surface area is 191 Å². The number of rotatable bonds is 7. The Bertz CT molecular complexity index is 1110. The van der Waals surface area contributed by atoms with Gasteiger partial charge in [0, 0.05) is 5.69 Å². The van der Waals surface area contributed by atoms with Gasteiger partial charge in [0.25, 0.3) is 11.8 Å². The van der Waals surface area contributed by atoms with Gasteiger partial charge in [-0.15, -0.1) is 0 Å². The van der Waals surface area contributed by atoms with Crippen LogP contribution in [0.1, 0.15) is 34.0 Å². The van der Waals surface area contributed by atoms with Gasteiger partial charge in [-0.1, -0.05) is 31.2 Å². The molecule has 0 aliphatic rings. The Morgan fingerprint density at radius 3 is 2.42 bits per heavy atom. The van der Waals surface area contributed by atoms with Crippen LogP contribution in [-0.4, -0.2) is 18.4 Å². The zero-order chi connectivity index (χ0) is 22.4. The maximum Gasteiger partial charge on any atom is 0.262 e. The van der Waals surface area contributed by atoms with Crippen molar-refractivity contribution < 1.29 is 14.3 Å². The summed E-state index contributed by atoms with van der Waals surface area (Å²) >= 11 is 3.47. The molecule has 0 aliphatic heterocycles. The number of aryl methyl sites for hydroxylation is 3. The molecule has 0 aliphatic carbocycles. The quantitative estimate of drug-likeness (QED) is 0.442. The predicted octanol–water partition coefficient (Wildman–Crippen LogP) is 5.90. The van der Waals surface area contributed by atoms with Crippen LogP contribution in [-0.2, 0) is 11.2 Å². The molecule has 3 aromatic carbocycles. The molecule has 5 nitrogen and oxygen atoms in total. The summed E-state index contributed by atoms with van der Waals surface area (Å²) in [5.74, 6) is -0.0519. The van der Waals surface area contributed by atoms with E-state index in [0.717, 1.165) is 22.0 Å². The second kappa shape index (κ2) is 10.3. The lowest BCUT2D eigenvalue weighted by Gasteiger charge is -2.13. The Morgan fingerprint density at radius 2 is 1.71 bits per heavy atom. The number of halogens is 1. The molecule has 0 fully saturated rings. The SMILES string of the molecule is CCc1ccc(OCC(=O)Nc2ccccc2C(=O)Nc2ccc(C)c(C)c2)c(Br)c1. The largest absolute Gasteiger partial charge is 0.483 e. The molecule has 31 heavy (non-hydrogen) atoms. The van der Waals surface area contributed by atoms with Crippen LogP contribution in [0, 0.1) is 13.8 Å². The highest BCUT2D eigenvalue weighted by atomic mass is 79.9. The highest BCUT2D eigenvalue weighted by Gasteiger charge is 2.14. The molecule has 6 heteroatoms. The second-order valence-electron chi connectivity index (χ2n) is 7.25. The summed E-state index contributed by atoms with van der Waals surface area (Å²) in [6, 6.07) is 18.4. The molecule has 0 radical (unpaired) electrons. The zero-order valence-corrected chi connectivity index (χ0v) is 19.4. The first-order valence-corrected chi connectivity index (χ1v) is 10.9. The lowest BCUT2D eigenvalue weighted by molar-refractivity contribution is -0.118. The predicted molar refractivity (Wildman–Crippen MR) is 128 cm³/mol. The molecule has 0 heterocycles. The topological polar surface area (TPSA) is 67.4 Å². The van der Waals surface area contributed by atoms with E-state index in [1.54, 1.807) is 24.3 Å². The van der Waals surface area contributed by atoms with Crippen LogP contribution in [0.25, 0.3) is 0 Å². The molecule has 0 aromatic heterocycles. The Hall–Kier alpha value is -3.12. The van der Waals surface area contributed by atoms with Gasteiger partial charge in [-0.25, -0.2) is 0 Å². The molecule has 3 aromatic rings. The Morgan fingerprint density at radius 1 is 0.935 bits per heavy atom. The number of amides is 2. The van der Waals surface area contributed by atoms with E-state index in [4.69, 9.17) is 4.74 Å². The summed E-state index contributed by atoms with van der Waals surface area (Å²) in [6.07, 6.45) is 0.917. The van der Waals surface area contributed by atoms with Gasteiger partial charge in [-0.3, -0.25) is 9.59 Å². The number of nitrogens with one attached hydrogen (secondary N) is 2. The van der Waals surface area contributed by atoms with Crippen molar-refractivity contribution in [3.05, 3.63) is 87.4 Å². The van der Waals surface area contributed by atoms with E-state index >= 15 is 0 Å². The third-order valence-corrected chi connectivity index (χ3v) is 5.59. The standard InChI is InChI=1S/C25H25BrN2O3/c1-4-18-10-12-23(21(26)14-18)31-15-24(29)28-22-8-6-5-7-20(22)25(30)27-19-11-9-16(2)17(3)13-19/h5-14H,4,15H2,1-3H3,(H,27,30)(H,28,29). The average Bonchev–Trinajstić information content (AvgIpc) is 2.75. The van der Waals surface area contributed by atoms with Gasteiger partial charge in [-0.05, 0) is 89.3 Å². The first kappa shape index (κ1) is 22.6. The van der Waals surface area contributed by atoms with Crippen molar-refractivity contribution in [2.24, 2.45) is 0 Å². The highest BCUT2D eigenvalue weighted by Crippen LogP contribution is 2.26. The van der Waals surface area contributed by atoms with Gasteiger partial charge in [0.05, 0.1) is 15.7 Å². The van der Waals surface area contributed by atoms with Crippen LogP contribution >= 0.6 is 15.9 Å². The smallest absolute Gasteiger partial charge is 0.262 e. The van der Waals surface area contributed by atoms with Crippen LogP contribution in [0.5, 0.6) is 5.75 Å². The summed E-state index contributed by atoms with van der Waals surface area (Å²) < 4.78 is 6.43. The van der Waals surface area contributed by atoms with Gasteiger partial charge >= 0.3 is 0 Å². The molecule has 160 valence electrons. The molecular weight excluding hydrogens is 456 g/mol. The number of hydrogen-bond acceptors (Lipinski definition) is 3. The van der Waals surface area contributed by atoms with Gasteiger partial charge < -0.3 is 15.4 Å². The summed E-state index contributed by atoms with van der Waals surface area (Å²) in [6.45, 7) is 5.92. The average molecular weight is 481 g/mol. The molecule has 0 unspecified atom stereocenters. The number of anilines is 2. The maximum atomic E-state index is 12.8. The van der Waals surface area contributed by atoms with Crippen LogP contribution in [0.3, 0.4) is 0 Å². The summed E-state index contributed by atoms with van der Waals surface area (Å²) in [7, 11) is 0. The second-order valence-corrected chi connectivity index (χ2v) is 8.11. The Balaban J connectivity index is 1.66. The van der Waals surface area contributed by atoms with Gasteiger partial charge in [0.15, 0.2) is 6.61 Å². The molecule has 3 rings (SSSR count). The van der Waals surface area contributed by atoms with Crippen LogP contribution in [0.2, 0.25) is 0 Å². The fourth-order valence-corrected chi connectivity index (χ4v) is 3.56. The van der Waals surface area contributed by atoms with Gasteiger partial charge in [-0.2, -0.15) is 0 Å². The van der Waals surface area contributed by atoms with Crippen molar-refractivity contribution in [1.82, 2.24) is 0 Å². The van der Waals surface area contributed by atoms with E-state index in [2.05, 4.69) is 33.5 Å². The molecule has 0 saturated heterocycles. The zero-order valence-electron chi connectivity index (χ0n) is 17.8. The lowest BCUT2D eigenvalue weighted by Crippen LogP contribution is -2.23. The lowest BCUT2D eigenvalue weighted by atomic mass is 10.1. The molecular formula is C25H25BrN2O3. The molecule has 0 spiro atoms. The number of carbonyl (C=O) groups is 2. The molecule has 2 amide bonds. The number of carbonyl (C=O) groups excluding carboxylic acids is 2. The van der Waals surface area contributed by atoms with E-state index in [9.17, 15) is 9.59 Å². The normalized spacial score (nSPS) is 10.5. The molecule has 0 atom stereocenters. The van der Waals surface area contributed by atoms with E-state index < -0.39 is 0 Å². The minimum absolute atomic E-state index is 0.169. The molecule has 0 saturated carbocycles. The van der Waals surface area contributed by atoms with Crippen LogP contribution < -0.4 is 15.4 Å². The third kappa shape index (κ3) is 5.95. The maximum absolute atomic E-state index is 12.8. The highest BCUT2D eigenvalue weighted by molar-refractivity contribution is 9.10. The summed E-state index contributed by atoms with van der Waals surface area (Å²) in [5.41, 5.74) is 4.93. The summed E-state index contributed by atoms with van der Waals surface area (Å²) in [5, 5.41) is 5.66. The molecule has 2 N–H and O–H groups in total. The number of benzene rings is 3. The van der Waals surface area contributed by atoms with E-state index in [0.29, 0.717) is 22.7 Å². The fraction of sp³-hybridized carbons (Fsp3) is 0.200. The van der Waals surface area contributed by atoms with Crippen LogP contribution in [0.15, 0.2) is 65.1 Å². The third-order valence-electron chi connectivity index (χ3n) is 4.97. The first-order valence-electron chi connectivity index (χ1n) is 10.1. The Kier molecular flexibility index (Phi) is 7.47. The van der Waals surface area contributed by atoms with Gasteiger partial charge in [0.1, 0.15) is 5.75 Å². The minimum atomic E-state index is -0.349. The van der Waals surface area contributed by atoms with Crippen molar-refractivity contribution in [2.45, 2.75) is 27.2 Å². The van der Waals surface area contributed by atoms with Gasteiger partial charge in [0.2, 0.25) is 0 Å².